The first kappa shape index (κ1) is 12.4. The van der Waals surface area contributed by atoms with Crippen molar-refractivity contribution in [2.75, 3.05) is 19.5 Å². The molecular formula is C11H13NO3S. The van der Waals surface area contributed by atoms with Crippen LogP contribution in [0.4, 0.5) is 5.69 Å². The molecule has 0 heterocycles. The van der Waals surface area contributed by atoms with Crippen molar-refractivity contribution in [3.63, 3.8) is 0 Å². The molecule has 1 aromatic rings. The molecule has 0 aliphatic heterocycles. The van der Waals surface area contributed by atoms with E-state index in [-0.39, 0.29) is 0 Å². The Morgan fingerprint density at radius 1 is 1.38 bits per heavy atom. The number of anilines is 1. The monoisotopic (exact) mass is 239 g/mol. The van der Waals surface area contributed by atoms with Gasteiger partial charge in [0.05, 0.1) is 30.5 Å². The van der Waals surface area contributed by atoms with Crippen LogP contribution in [-0.2, 0) is 4.74 Å². The molecule has 0 saturated heterocycles. The van der Waals surface area contributed by atoms with Gasteiger partial charge in [-0.15, -0.1) is 0 Å². The van der Waals surface area contributed by atoms with Crippen molar-refractivity contribution in [3.8, 4) is 5.75 Å². The predicted molar refractivity (Wildman–Crippen MR) is 66.2 cm³/mol. The summed E-state index contributed by atoms with van der Waals surface area (Å²) in [6, 6.07) is 4.96. The Morgan fingerprint density at radius 3 is 2.56 bits per heavy atom. The molecule has 0 saturated carbocycles. The standard InChI is InChI=1S/C11H13NO3S/c1-7(16)12-9-6-8(11(13)15-3)4-5-10(9)14-2/h4-6H,1-3H3,(H,12,16). The van der Waals surface area contributed by atoms with Crippen LogP contribution in [0.3, 0.4) is 0 Å². The summed E-state index contributed by atoms with van der Waals surface area (Å²) < 4.78 is 9.77. The highest BCUT2D eigenvalue weighted by atomic mass is 32.1. The molecule has 4 nitrogen and oxygen atoms in total. The second-order valence-corrected chi connectivity index (χ2v) is 3.70. The molecule has 0 spiro atoms. The zero-order valence-corrected chi connectivity index (χ0v) is 10.2. The summed E-state index contributed by atoms with van der Waals surface area (Å²) in [5, 5.41) is 2.94. The molecule has 0 atom stereocenters. The highest BCUT2D eigenvalue weighted by Crippen LogP contribution is 2.25. The van der Waals surface area contributed by atoms with Gasteiger partial charge >= 0.3 is 5.97 Å². The topological polar surface area (TPSA) is 47.6 Å². The van der Waals surface area contributed by atoms with Crippen molar-refractivity contribution in [3.05, 3.63) is 23.8 Å². The van der Waals surface area contributed by atoms with Crippen LogP contribution in [0.2, 0.25) is 0 Å². The number of esters is 1. The number of hydrogen-bond donors (Lipinski definition) is 1. The summed E-state index contributed by atoms with van der Waals surface area (Å²) in [6.45, 7) is 1.75. The third-order valence-corrected chi connectivity index (χ3v) is 2.03. The quantitative estimate of drug-likeness (QED) is 0.647. The van der Waals surface area contributed by atoms with E-state index in [0.717, 1.165) is 0 Å². The summed E-state index contributed by atoms with van der Waals surface area (Å²) in [6.07, 6.45) is 0. The number of carbonyl (C=O) groups excluding carboxylic acids is 1. The van der Waals surface area contributed by atoms with Gasteiger partial charge in [0, 0.05) is 0 Å². The summed E-state index contributed by atoms with van der Waals surface area (Å²) in [5.74, 6) is 0.226. The summed E-state index contributed by atoms with van der Waals surface area (Å²) in [5.41, 5.74) is 1.10. The number of benzene rings is 1. The van der Waals surface area contributed by atoms with E-state index < -0.39 is 5.97 Å². The van der Waals surface area contributed by atoms with Crippen LogP contribution in [-0.4, -0.2) is 25.2 Å². The number of carbonyl (C=O) groups is 1. The molecule has 0 aliphatic rings. The van der Waals surface area contributed by atoms with Crippen LogP contribution in [0.25, 0.3) is 0 Å². The maximum Gasteiger partial charge on any atom is 0.337 e. The SMILES string of the molecule is COC(=O)c1ccc(OC)c(NC(C)=S)c1. The Balaban J connectivity index is 3.10. The summed E-state index contributed by atoms with van der Waals surface area (Å²) in [7, 11) is 2.89. The van der Waals surface area contributed by atoms with Gasteiger partial charge < -0.3 is 14.8 Å². The van der Waals surface area contributed by atoms with Crippen molar-refractivity contribution < 1.29 is 14.3 Å². The number of rotatable bonds is 3. The Hall–Kier alpha value is -1.62. The van der Waals surface area contributed by atoms with Gasteiger partial charge in [0.25, 0.3) is 0 Å². The molecule has 0 aliphatic carbocycles. The number of thiocarbonyl (C=S) groups is 1. The third kappa shape index (κ3) is 2.93. The molecule has 16 heavy (non-hydrogen) atoms. The van der Waals surface area contributed by atoms with Crippen molar-refractivity contribution in [1.29, 1.82) is 0 Å². The average Bonchev–Trinajstić information content (AvgIpc) is 2.27. The Morgan fingerprint density at radius 2 is 2.06 bits per heavy atom. The van der Waals surface area contributed by atoms with Gasteiger partial charge in [-0.05, 0) is 25.1 Å². The van der Waals surface area contributed by atoms with Crippen molar-refractivity contribution >= 4 is 28.9 Å². The lowest BCUT2D eigenvalue weighted by atomic mass is 10.2. The molecule has 1 aromatic carbocycles. The van der Waals surface area contributed by atoms with Crippen molar-refractivity contribution in [2.45, 2.75) is 6.92 Å². The lowest BCUT2D eigenvalue weighted by Crippen LogP contribution is -2.07. The molecule has 1 rings (SSSR count). The van der Waals surface area contributed by atoms with Crippen LogP contribution >= 0.6 is 12.2 Å². The summed E-state index contributed by atoms with van der Waals surface area (Å²) >= 11 is 4.94. The Labute approximate surface area is 99.6 Å². The molecule has 0 fully saturated rings. The van der Waals surface area contributed by atoms with Gasteiger partial charge in [0.15, 0.2) is 0 Å². The molecule has 0 radical (unpaired) electrons. The van der Waals surface area contributed by atoms with E-state index in [9.17, 15) is 4.79 Å². The maximum absolute atomic E-state index is 11.3. The van der Waals surface area contributed by atoms with Crippen LogP contribution in [0.1, 0.15) is 17.3 Å². The predicted octanol–water partition coefficient (Wildman–Crippen LogP) is 2.24. The number of ether oxygens (including phenoxy) is 2. The van der Waals surface area contributed by atoms with Crippen LogP contribution in [0.5, 0.6) is 5.75 Å². The molecule has 0 aromatic heterocycles. The Bertz CT molecular complexity index is 418. The van der Waals surface area contributed by atoms with Gasteiger partial charge in [-0.2, -0.15) is 0 Å². The average molecular weight is 239 g/mol. The molecule has 5 heteroatoms. The first-order valence-electron chi connectivity index (χ1n) is 4.62. The van der Waals surface area contributed by atoms with E-state index in [2.05, 4.69) is 10.1 Å². The van der Waals surface area contributed by atoms with E-state index in [1.54, 1.807) is 32.2 Å². The second kappa shape index (κ2) is 5.46. The molecule has 86 valence electrons. The maximum atomic E-state index is 11.3. The van der Waals surface area contributed by atoms with E-state index in [4.69, 9.17) is 17.0 Å². The lowest BCUT2D eigenvalue weighted by Gasteiger charge is -2.11. The van der Waals surface area contributed by atoms with Crippen molar-refractivity contribution in [1.82, 2.24) is 0 Å². The third-order valence-electron chi connectivity index (χ3n) is 1.93. The van der Waals surface area contributed by atoms with E-state index >= 15 is 0 Å². The lowest BCUT2D eigenvalue weighted by molar-refractivity contribution is 0.0601. The molecule has 1 N–H and O–H groups in total. The fourth-order valence-electron chi connectivity index (χ4n) is 1.24. The van der Waals surface area contributed by atoms with Gasteiger partial charge in [0.1, 0.15) is 5.75 Å². The van der Waals surface area contributed by atoms with Crippen molar-refractivity contribution in [2.24, 2.45) is 0 Å². The van der Waals surface area contributed by atoms with Gasteiger partial charge in [-0.1, -0.05) is 12.2 Å². The van der Waals surface area contributed by atoms with Crippen LogP contribution < -0.4 is 10.1 Å². The highest BCUT2D eigenvalue weighted by molar-refractivity contribution is 7.80. The van der Waals surface area contributed by atoms with Gasteiger partial charge in [-0.25, -0.2) is 4.79 Å². The fraction of sp³-hybridized carbons (Fsp3) is 0.273. The molecule has 0 amide bonds. The minimum atomic E-state index is -0.396. The fourth-order valence-corrected chi connectivity index (χ4v) is 1.35. The smallest absolute Gasteiger partial charge is 0.337 e. The zero-order chi connectivity index (χ0) is 12.1. The van der Waals surface area contributed by atoms with Gasteiger partial charge in [0.2, 0.25) is 0 Å². The van der Waals surface area contributed by atoms with E-state index in [0.29, 0.717) is 22.0 Å². The molecular weight excluding hydrogens is 226 g/mol. The molecule has 0 unspecified atom stereocenters. The Kier molecular flexibility index (Phi) is 4.25. The number of hydrogen-bond acceptors (Lipinski definition) is 4. The van der Waals surface area contributed by atoms with E-state index in [1.165, 1.54) is 7.11 Å². The zero-order valence-electron chi connectivity index (χ0n) is 9.37. The minimum Gasteiger partial charge on any atom is -0.495 e. The van der Waals surface area contributed by atoms with Gasteiger partial charge in [-0.3, -0.25) is 0 Å². The molecule has 0 bridgehead atoms. The number of methoxy groups -OCH3 is 2. The first-order valence-corrected chi connectivity index (χ1v) is 5.03. The van der Waals surface area contributed by atoms with Crippen LogP contribution in [0.15, 0.2) is 18.2 Å². The summed E-state index contributed by atoms with van der Waals surface area (Å²) in [4.78, 5) is 11.9. The largest absolute Gasteiger partial charge is 0.495 e. The minimum absolute atomic E-state index is 0.396. The second-order valence-electron chi connectivity index (χ2n) is 3.09. The first-order chi connectivity index (χ1) is 7.58. The number of nitrogens with one attached hydrogen (secondary N) is 1. The highest BCUT2D eigenvalue weighted by Gasteiger charge is 2.10. The van der Waals surface area contributed by atoms with E-state index in [1.807, 2.05) is 0 Å². The van der Waals surface area contributed by atoms with Crippen LogP contribution in [0, 0.1) is 0 Å². The normalized spacial score (nSPS) is 9.44.